The van der Waals surface area contributed by atoms with Crippen LogP contribution in [0.1, 0.15) is 30.8 Å². The normalized spacial score (nSPS) is 20.4. The third-order valence-corrected chi connectivity index (χ3v) is 5.54. The van der Waals surface area contributed by atoms with Gasteiger partial charge < -0.3 is 9.30 Å². The molecule has 0 unspecified atom stereocenters. The van der Waals surface area contributed by atoms with Crippen molar-refractivity contribution in [2.24, 2.45) is 7.05 Å². The van der Waals surface area contributed by atoms with Gasteiger partial charge in [-0.15, -0.1) is 0 Å². The van der Waals surface area contributed by atoms with E-state index in [4.69, 9.17) is 9.72 Å². The summed E-state index contributed by atoms with van der Waals surface area (Å²) in [5, 5.41) is 0. The monoisotopic (exact) mass is 397 g/mol. The topological polar surface area (TPSA) is 85.2 Å². The van der Waals surface area contributed by atoms with Crippen molar-refractivity contribution in [2.45, 2.75) is 46.1 Å². The number of nitrogens with zero attached hydrogens (tertiary/aromatic N) is 4. The molecule has 1 N–H and O–H groups in total. The quantitative estimate of drug-likeness (QED) is 0.719. The van der Waals surface area contributed by atoms with E-state index < -0.39 is 11.2 Å². The third kappa shape index (κ3) is 3.77. The maximum Gasteiger partial charge on any atom is 0.329 e. The number of hydrogen-bond donors (Lipinski definition) is 1. The molecule has 29 heavy (non-hydrogen) atoms. The minimum Gasteiger partial charge on any atom is -0.373 e. The van der Waals surface area contributed by atoms with Crippen LogP contribution in [0.4, 0.5) is 0 Å². The van der Waals surface area contributed by atoms with Crippen molar-refractivity contribution in [3.63, 3.8) is 0 Å². The molecule has 1 aliphatic heterocycles. The Labute approximate surface area is 168 Å². The number of ether oxygens (including phenoxy) is 1. The molecule has 1 fully saturated rings. The fraction of sp³-hybridized carbons (Fsp3) is 0.476. The molecule has 154 valence electrons. The molecule has 3 heterocycles. The number of H-pyrrole nitrogens is 1. The van der Waals surface area contributed by atoms with E-state index in [9.17, 15) is 9.59 Å². The Balaban J connectivity index is 1.83. The third-order valence-electron chi connectivity index (χ3n) is 5.54. The Bertz CT molecular complexity index is 1150. The SMILES string of the molecule is Cc1ccccc1Cn1c(CN2C[C@H](C)O[C@@H](C)C2)nc2c1c(=O)[nH]c(=O)n2C. The van der Waals surface area contributed by atoms with Gasteiger partial charge in [0.25, 0.3) is 5.56 Å². The van der Waals surface area contributed by atoms with Crippen molar-refractivity contribution in [1.29, 1.82) is 0 Å². The summed E-state index contributed by atoms with van der Waals surface area (Å²) >= 11 is 0. The number of nitrogens with one attached hydrogen (secondary N) is 1. The number of fused-ring (bicyclic) bond motifs is 1. The molecule has 0 bridgehead atoms. The molecule has 1 aliphatic rings. The van der Waals surface area contributed by atoms with Gasteiger partial charge in [0.15, 0.2) is 11.2 Å². The van der Waals surface area contributed by atoms with Crippen LogP contribution in [0.15, 0.2) is 33.9 Å². The van der Waals surface area contributed by atoms with Crippen LogP contribution in [0.5, 0.6) is 0 Å². The van der Waals surface area contributed by atoms with Gasteiger partial charge in [-0.3, -0.25) is 19.2 Å². The minimum absolute atomic E-state index is 0.140. The summed E-state index contributed by atoms with van der Waals surface area (Å²) in [7, 11) is 1.63. The van der Waals surface area contributed by atoms with Crippen LogP contribution >= 0.6 is 0 Å². The zero-order valence-corrected chi connectivity index (χ0v) is 17.3. The van der Waals surface area contributed by atoms with E-state index in [-0.39, 0.29) is 12.2 Å². The van der Waals surface area contributed by atoms with Gasteiger partial charge in [-0.25, -0.2) is 9.78 Å². The second kappa shape index (κ2) is 7.61. The number of imidazole rings is 1. The van der Waals surface area contributed by atoms with E-state index in [1.165, 1.54) is 4.57 Å². The zero-order chi connectivity index (χ0) is 20.7. The van der Waals surface area contributed by atoms with E-state index in [0.29, 0.717) is 24.3 Å². The summed E-state index contributed by atoms with van der Waals surface area (Å²) in [6.07, 6.45) is 0.279. The Morgan fingerprint density at radius 2 is 1.83 bits per heavy atom. The van der Waals surface area contributed by atoms with Crippen molar-refractivity contribution in [1.82, 2.24) is 24.0 Å². The van der Waals surface area contributed by atoms with Gasteiger partial charge in [-0.2, -0.15) is 0 Å². The van der Waals surface area contributed by atoms with Crippen LogP contribution in [0.25, 0.3) is 11.2 Å². The molecule has 1 aromatic carbocycles. The van der Waals surface area contributed by atoms with Crippen LogP contribution in [0, 0.1) is 6.92 Å². The van der Waals surface area contributed by atoms with Gasteiger partial charge in [-0.1, -0.05) is 24.3 Å². The number of rotatable bonds is 4. The Morgan fingerprint density at radius 3 is 2.52 bits per heavy atom. The Morgan fingerprint density at radius 1 is 1.14 bits per heavy atom. The Hall–Kier alpha value is -2.71. The summed E-state index contributed by atoms with van der Waals surface area (Å²) in [5.41, 5.74) is 2.25. The molecular weight excluding hydrogens is 370 g/mol. The fourth-order valence-electron chi connectivity index (χ4n) is 4.14. The fourth-order valence-corrected chi connectivity index (χ4v) is 4.14. The zero-order valence-electron chi connectivity index (χ0n) is 17.3. The molecular formula is C21H27N5O3. The number of aryl methyl sites for hydroxylation is 2. The van der Waals surface area contributed by atoms with Crippen LogP contribution in [-0.4, -0.2) is 49.3 Å². The number of hydrogen-bond acceptors (Lipinski definition) is 5. The van der Waals surface area contributed by atoms with Gasteiger partial charge >= 0.3 is 5.69 Å². The highest BCUT2D eigenvalue weighted by Crippen LogP contribution is 2.19. The van der Waals surface area contributed by atoms with E-state index in [1.54, 1.807) is 7.05 Å². The summed E-state index contributed by atoms with van der Waals surface area (Å²) < 4.78 is 9.19. The molecule has 8 nitrogen and oxygen atoms in total. The lowest BCUT2D eigenvalue weighted by atomic mass is 10.1. The second-order valence-corrected chi connectivity index (χ2v) is 7.98. The largest absolute Gasteiger partial charge is 0.373 e. The summed E-state index contributed by atoms with van der Waals surface area (Å²) in [6, 6.07) is 8.10. The standard InChI is InChI=1S/C21H27N5O3/c1-13-7-5-6-8-16(13)11-26-17(12-25-9-14(2)29-15(3)10-25)22-19-18(26)20(27)23-21(28)24(19)4/h5-8,14-15H,9-12H2,1-4H3,(H,23,27,28)/t14-,15-/m0/s1. The van der Waals surface area contributed by atoms with Gasteiger partial charge in [0.1, 0.15) is 5.82 Å². The maximum atomic E-state index is 12.7. The van der Waals surface area contributed by atoms with Gasteiger partial charge in [0.05, 0.1) is 18.8 Å². The average molecular weight is 397 g/mol. The highest BCUT2D eigenvalue weighted by Gasteiger charge is 2.25. The molecule has 1 saturated heterocycles. The van der Waals surface area contributed by atoms with E-state index >= 15 is 0 Å². The van der Waals surface area contributed by atoms with Gasteiger partial charge in [0.2, 0.25) is 0 Å². The van der Waals surface area contributed by atoms with Crippen molar-refractivity contribution >= 4 is 11.2 Å². The van der Waals surface area contributed by atoms with Crippen molar-refractivity contribution < 1.29 is 4.74 Å². The highest BCUT2D eigenvalue weighted by molar-refractivity contribution is 5.71. The lowest BCUT2D eigenvalue weighted by molar-refractivity contribution is -0.0712. The number of benzene rings is 1. The molecule has 3 aromatic rings. The maximum absolute atomic E-state index is 12.7. The van der Waals surface area contributed by atoms with Crippen LogP contribution < -0.4 is 11.2 Å². The summed E-state index contributed by atoms with van der Waals surface area (Å²) in [5.74, 6) is 0.774. The van der Waals surface area contributed by atoms with Crippen molar-refractivity contribution in [3.05, 3.63) is 62.1 Å². The molecule has 0 spiro atoms. The van der Waals surface area contributed by atoms with Crippen molar-refractivity contribution in [2.75, 3.05) is 13.1 Å². The minimum atomic E-state index is -0.455. The first-order valence-corrected chi connectivity index (χ1v) is 9.94. The molecule has 0 radical (unpaired) electrons. The molecule has 0 saturated carbocycles. The number of aromatic nitrogens is 4. The summed E-state index contributed by atoms with van der Waals surface area (Å²) in [6.45, 7) is 8.89. The number of morpholine rings is 1. The second-order valence-electron chi connectivity index (χ2n) is 7.98. The first-order valence-electron chi connectivity index (χ1n) is 9.94. The van der Waals surface area contributed by atoms with Crippen LogP contribution in [0.3, 0.4) is 0 Å². The molecule has 0 amide bonds. The van der Waals surface area contributed by atoms with E-state index in [2.05, 4.69) is 42.8 Å². The molecule has 0 aliphatic carbocycles. The predicted molar refractivity (Wildman–Crippen MR) is 111 cm³/mol. The van der Waals surface area contributed by atoms with Gasteiger partial charge in [-0.05, 0) is 31.9 Å². The molecule has 8 heteroatoms. The van der Waals surface area contributed by atoms with Crippen LogP contribution in [-0.2, 0) is 24.9 Å². The van der Waals surface area contributed by atoms with E-state index in [1.807, 2.05) is 16.7 Å². The highest BCUT2D eigenvalue weighted by atomic mass is 16.5. The average Bonchev–Trinajstić information content (AvgIpc) is 2.99. The lowest BCUT2D eigenvalue weighted by Crippen LogP contribution is -2.45. The smallest absolute Gasteiger partial charge is 0.329 e. The van der Waals surface area contributed by atoms with Crippen LogP contribution in [0.2, 0.25) is 0 Å². The molecule has 2 aromatic heterocycles. The Kier molecular flexibility index (Phi) is 5.14. The lowest BCUT2D eigenvalue weighted by Gasteiger charge is -2.35. The first-order chi connectivity index (χ1) is 13.8. The van der Waals surface area contributed by atoms with Crippen molar-refractivity contribution in [3.8, 4) is 0 Å². The molecule has 2 atom stereocenters. The predicted octanol–water partition coefficient (Wildman–Crippen LogP) is 1.39. The van der Waals surface area contributed by atoms with Gasteiger partial charge in [0, 0.05) is 26.7 Å². The first kappa shape index (κ1) is 19.6. The van der Waals surface area contributed by atoms with E-state index in [0.717, 1.165) is 30.0 Å². The number of aromatic amines is 1. The summed E-state index contributed by atoms with van der Waals surface area (Å²) in [4.78, 5) is 34.2. The molecule has 4 rings (SSSR count).